The molecule has 2 heteroatoms. The molecular formula is C28H20FN. The summed E-state index contributed by atoms with van der Waals surface area (Å²) in [5, 5.41) is 2.35. The number of fused-ring (bicyclic) bond motifs is 1. The number of hydrogen-bond donors (Lipinski definition) is 0. The van der Waals surface area contributed by atoms with Gasteiger partial charge in [0.25, 0.3) is 0 Å². The van der Waals surface area contributed by atoms with Gasteiger partial charge < -0.3 is 4.90 Å². The highest BCUT2D eigenvalue weighted by molar-refractivity contribution is 5.98. The lowest BCUT2D eigenvalue weighted by Crippen LogP contribution is -2.11. The average Bonchev–Trinajstić information content (AvgIpc) is 2.81. The number of benzene rings is 5. The number of rotatable bonds is 4. The van der Waals surface area contributed by atoms with Crippen LogP contribution in [0.15, 0.2) is 121 Å². The van der Waals surface area contributed by atoms with E-state index in [1.54, 1.807) is 0 Å². The van der Waals surface area contributed by atoms with Crippen LogP contribution < -0.4 is 4.90 Å². The van der Waals surface area contributed by atoms with Crippen LogP contribution in [0.2, 0.25) is 0 Å². The van der Waals surface area contributed by atoms with Gasteiger partial charge >= 0.3 is 0 Å². The monoisotopic (exact) mass is 389 g/mol. The molecule has 0 unspecified atom stereocenters. The Hall–Kier alpha value is -3.91. The van der Waals surface area contributed by atoms with Crippen LogP contribution >= 0.6 is 0 Å². The number of halogens is 1. The molecule has 5 rings (SSSR count). The van der Waals surface area contributed by atoms with Crippen LogP contribution in [-0.2, 0) is 0 Å². The van der Waals surface area contributed by atoms with E-state index < -0.39 is 0 Å². The highest BCUT2D eigenvalue weighted by Crippen LogP contribution is 2.42. The summed E-state index contributed by atoms with van der Waals surface area (Å²) in [4.78, 5) is 2.19. The van der Waals surface area contributed by atoms with E-state index in [2.05, 4.69) is 77.7 Å². The zero-order chi connectivity index (χ0) is 20.3. The standard InChI is InChI=1S/C28H20FN/c29-24-15-17-26(18-16-24)30(25-13-5-2-6-14-25)28-20-23-12-8-7-11-22(23)19-27(28)21-9-3-1-4-10-21/h1-20H. The van der Waals surface area contributed by atoms with Crippen molar-refractivity contribution in [3.8, 4) is 11.1 Å². The van der Waals surface area contributed by atoms with Gasteiger partial charge in [0.05, 0.1) is 5.69 Å². The third-order valence-electron chi connectivity index (χ3n) is 5.29. The van der Waals surface area contributed by atoms with E-state index in [0.29, 0.717) is 0 Å². The highest BCUT2D eigenvalue weighted by Gasteiger charge is 2.18. The molecule has 5 aromatic rings. The van der Waals surface area contributed by atoms with Gasteiger partial charge in [-0.3, -0.25) is 0 Å². The molecular weight excluding hydrogens is 369 g/mol. The molecule has 5 aromatic carbocycles. The normalized spacial score (nSPS) is 10.8. The fourth-order valence-electron chi connectivity index (χ4n) is 3.86. The molecule has 0 saturated carbocycles. The molecule has 1 nitrogen and oxygen atoms in total. The van der Waals surface area contributed by atoms with Crippen molar-refractivity contribution in [1.29, 1.82) is 0 Å². The van der Waals surface area contributed by atoms with E-state index in [1.807, 2.05) is 36.4 Å². The van der Waals surface area contributed by atoms with Crippen LogP contribution in [0.4, 0.5) is 21.5 Å². The largest absolute Gasteiger partial charge is 0.310 e. The second-order valence-electron chi connectivity index (χ2n) is 7.23. The molecule has 0 amide bonds. The molecule has 0 atom stereocenters. The Morgan fingerprint density at radius 2 is 1.03 bits per heavy atom. The predicted octanol–water partition coefficient (Wildman–Crippen LogP) is 8.12. The van der Waals surface area contributed by atoms with E-state index in [4.69, 9.17) is 0 Å². The van der Waals surface area contributed by atoms with Crippen LogP contribution in [0.1, 0.15) is 0 Å². The third kappa shape index (κ3) is 3.44. The first kappa shape index (κ1) is 18.1. The Balaban J connectivity index is 1.82. The third-order valence-corrected chi connectivity index (χ3v) is 5.29. The maximum atomic E-state index is 13.7. The Labute approximate surface area is 175 Å². The van der Waals surface area contributed by atoms with Crippen molar-refractivity contribution in [2.45, 2.75) is 0 Å². The lowest BCUT2D eigenvalue weighted by Gasteiger charge is -2.28. The van der Waals surface area contributed by atoms with Crippen LogP contribution in [0.3, 0.4) is 0 Å². The average molecular weight is 389 g/mol. The van der Waals surface area contributed by atoms with Gasteiger partial charge in [0, 0.05) is 16.9 Å². The predicted molar refractivity (Wildman–Crippen MR) is 124 cm³/mol. The van der Waals surface area contributed by atoms with Gasteiger partial charge in [-0.25, -0.2) is 4.39 Å². The first-order valence-electron chi connectivity index (χ1n) is 9.98. The summed E-state index contributed by atoms with van der Waals surface area (Å²) in [6.07, 6.45) is 0. The molecule has 0 N–H and O–H groups in total. The number of nitrogens with zero attached hydrogens (tertiary/aromatic N) is 1. The fraction of sp³-hybridized carbons (Fsp3) is 0. The summed E-state index contributed by atoms with van der Waals surface area (Å²) < 4.78 is 13.7. The Morgan fingerprint density at radius 3 is 1.70 bits per heavy atom. The molecule has 0 bridgehead atoms. The molecule has 0 aliphatic carbocycles. The Kier molecular flexibility index (Phi) is 4.74. The molecule has 30 heavy (non-hydrogen) atoms. The number of hydrogen-bond acceptors (Lipinski definition) is 1. The smallest absolute Gasteiger partial charge is 0.123 e. The molecule has 0 saturated heterocycles. The van der Waals surface area contributed by atoms with E-state index >= 15 is 0 Å². The van der Waals surface area contributed by atoms with E-state index in [-0.39, 0.29) is 5.82 Å². The minimum absolute atomic E-state index is 0.242. The quantitative estimate of drug-likeness (QED) is 0.300. The molecule has 144 valence electrons. The molecule has 0 heterocycles. The minimum atomic E-state index is -0.242. The molecule has 0 aliphatic heterocycles. The summed E-state index contributed by atoms with van der Waals surface area (Å²) in [6, 6.07) is 40.1. The van der Waals surface area contributed by atoms with Gasteiger partial charge in [-0.1, -0.05) is 72.8 Å². The number of anilines is 3. The van der Waals surface area contributed by atoms with Crippen molar-refractivity contribution in [2.24, 2.45) is 0 Å². The second-order valence-corrected chi connectivity index (χ2v) is 7.23. The van der Waals surface area contributed by atoms with Gasteiger partial charge in [0.1, 0.15) is 5.82 Å². The van der Waals surface area contributed by atoms with Gasteiger partial charge in [0.15, 0.2) is 0 Å². The maximum absolute atomic E-state index is 13.7. The second kappa shape index (κ2) is 7.84. The van der Waals surface area contributed by atoms with Crippen LogP contribution in [-0.4, -0.2) is 0 Å². The first-order valence-corrected chi connectivity index (χ1v) is 9.98. The summed E-state index contributed by atoms with van der Waals surface area (Å²) in [7, 11) is 0. The van der Waals surface area contributed by atoms with Crippen molar-refractivity contribution >= 4 is 27.8 Å². The first-order chi connectivity index (χ1) is 14.8. The van der Waals surface area contributed by atoms with E-state index in [0.717, 1.165) is 33.6 Å². The molecule has 0 radical (unpaired) electrons. The van der Waals surface area contributed by atoms with Gasteiger partial charge in [-0.05, 0) is 64.9 Å². The number of para-hydroxylation sites is 1. The van der Waals surface area contributed by atoms with Gasteiger partial charge in [-0.2, -0.15) is 0 Å². The van der Waals surface area contributed by atoms with Crippen LogP contribution in [0.5, 0.6) is 0 Å². The maximum Gasteiger partial charge on any atom is 0.123 e. The Morgan fingerprint density at radius 1 is 0.500 bits per heavy atom. The van der Waals surface area contributed by atoms with Crippen molar-refractivity contribution in [1.82, 2.24) is 0 Å². The van der Waals surface area contributed by atoms with Gasteiger partial charge in [-0.15, -0.1) is 0 Å². The molecule has 0 fully saturated rings. The fourth-order valence-corrected chi connectivity index (χ4v) is 3.86. The molecule has 0 spiro atoms. The van der Waals surface area contributed by atoms with E-state index in [1.165, 1.54) is 17.5 Å². The van der Waals surface area contributed by atoms with Crippen molar-refractivity contribution < 1.29 is 4.39 Å². The summed E-state index contributed by atoms with van der Waals surface area (Å²) in [5.74, 6) is -0.242. The van der Waals surface area contributed by atoms with Crippen LogP contribution in [0, 0.1) is 5.82 Å². The van der Waals surface area contributed by atoms with Crippen molar-refractivity contribution in [3.05, 3.63) is 127 Å². The summed E-state index contributed by atoms with van der Waals surface area (Å²) >= 11 is 0. The SMILES string of the molecule is Fc1ccc(N(c2ccccc2)c2cc3ccccc3cc2-c2ccccc2)cc1. The van der Waals surface area contributed by atoms with E-state index in [9.17, 15) is 4.39 Å². The molecule has 0 aliphatic rings. The van der Waals surface area contributed by atoms with Gasteiger partial charge in [0.2, 0.25) is 0 Å². The Bertz CT molecular complexity index is 1280. The van der Waals surface area contributed by atoms with Crippen molar-refractivity contribution in [2.75, 3.05) is 4.90 Å². The lowest BCUT2D eigenvalue weighted by atomic mass is 9.97. The zero-order valence-corrected chi connectivity index (χ0v) is 16.4. The summed E-state index contributed by atoms with van der Waals surface area (Å²) in [6.45, 7) is 0. The topological polar surface area (TPSA) is 3.24 Å². The zero-order valence-electron chi connectivity index (χ0n) is 16.4. The minimum Gasteiger partial charge on any atom is -0.310 e. The van der Waals surface area contributed by atoms with Crippen molar-refractivity contribution in [3.63, 3.8) is 0 Å². The van der Waals surface area contributed by atoms with Crippen LogP contribution in [0.25, 0.3) is 21.9 Å². The summed E-state index contributed by atoms with van der Waals surface area (Å²) in [5.41, 5.74) is 5.26. The highest BCUT2D eigenvalue weighted by atomic mass is 19.1. The molecule has 0 aromatic heterocycles. The lowest BCUT2D eigenvalue weighted by molar-refractivity contribution is 0.628.